The van der Waals surface area contributed by atoms with Crippen LogP contribution in [0, 0.1) is 11.8 Å². The molecule has 3 nitrogen and oxygen atoms in total. The van der Waals surface area contributed by atoms with E-state index in [9.17, 15) is 0 Å². The predicted molar refractivity (Wildman–Crippen MR) is 76.1 cm³/mol. The van der Waals surface area contributed by atoms with Gasteiger partial charge in [0.1, 0.15) is 0 Å². The van der Waals surface area contributed by atoms with Crippen LogP contribution in [0.15, 0.2) is 5.10 Å². The lowest BCUT2D eigenvalue weighted by Gasteiger charge is -2.35. The fourth-order valence-electron chi connectivity index (χ4n) is 3.12. The van der Waals surface area contributed by atoms with E-state index in [1.54, 1.807) is 0 Å². The third-order valence-corrected chi connectivity index (χ3v) is 4.26. The van der Waals surface area contributed by atoms with Crippen LogP contribution in [0.1, 0.15) is 51.9 Å². The monoisotopic (exact) mass is 253 g/mol. The molecular formula is C13H23N3S. The van der Waals surface area contributed by atoms with Gasteiger partial charge in [-0.3, -0.25) is 5.43 Å². The lowest BCUT2D eigenvalue weighted by Crippen LogP contribution is -2.34. The van der Waals surface area contributed by atoms with Crippen molar-refractivity contribution in [2.45, 2.75) is 51.9 Å². The molecule has 2 saturated carbocycles. The van der Waals surface area contributed by atoms with Crippen LogP contribution in [0.3, 0.4) is 0 Å². The summed E-state index contributed by atoms with van der Waals surface area (Å²) in [6.45, 7) is 2.88. The number of hydrogen-bond acceptors (Lipinski definition) is 2. The summed E-state index contributed by atoms with van der Waals surface area (Å²) in [5, 5.41) is 8.15. The Hall–Kier alpha value is -0.640. The standard InChI is InChI=1S/C13H23N3S/c1-2-14-13(17)16-15-12-8-7-10-5-3-4-6-11(10)9-12/h10-11H,2-9H2,1H3,(H2,14,16,17)/b15-12-/t10-,11-/m0/s1. The average molecular weight is 253 g/mol. The smallest absolute Gasteiger partial charge is 0.186 e. The van der Waals surface area contributed by atoms with Crippen molar-refractivity contribution in [2.75, 3.05) is 6.54 Å². The molecule has 0 amide bonds. The highest BCUT2D eigenvalue weighted by Gasteiger charge is 2.30. The minimum absolute atomic E-state index is 0.644. The van der Waals surface area contributed by atoms with E-state index in [1.165, 1.54) is 44.2 Å². The Balaban J connectivity index is 1.82. The molecule has 2 aliphatic rings. The molecule has 2 aliphatic carbocycles. The lowest BCUT2D eigenvalue weighted by molar-refractivity contribution is 0.218. The van der Waals surface area contributed by atoms with E-state index in [0.29, 0.717) is 5.11 Å². The van der Waals surface area contributed by atoms with E-state index in [-0.39, 0.29) is 0 Å². The minimum atomic E-state index is 0.644. The minimum Gasteiger partial charge on any atom is -0.362 e. The summed E-state index contributed by atoms with van der Waals surface area (Å²) in [6, 6.07) is 0. The Morgan fingerprint density at radius 3 is 2.82 bits per heavy atom. The van der Waals surface area contributed by atoms with Gasteiger partial charge in [-0.05, 0) is 56.7 Å². The van der Waals surface area contributed by atoms with Gasteiger partial charge >= 0.3 is 0 Å². The van der Waals surface area contributed by atoms with Gasteiger partial charge in [0.15, 0.2) is 5.11 Å². The number of hydrogen-bond donors (Lipinski definition) is 2. The molecule has 0 heterocycles. The average Bonchev–Trinajstić information content (AvgIpc) is 2.36. The maximum absolute atomic E-state index is 5.11. The topological polar surface area (TPSA) is 36.4 Å². The third-order valence-electron chi connectivity index (χ3n) is 4.02. The van der Waals surface area contributed by atoms with Crippen molar-refractivity contribution < 1.29 is 0 Å². The van der Waals surface area contributed by atoms with Gasteiger partial charge in [0.05, 0.1) is 0 Å². The largest absolute Gasteiger partial charge is 0.362 e. The van der Waals surface area contributed by atoms with Gasteiger partial charge in [0.25, 0.3) is 0 Å². The summed E-state index contributed by atoms with van der Waals surface area (Å²) in [5.41, 5.74) is 4.27. The highest BCUT2D eigenvalue weighted by atomic mass is 32.1. The van der Waals surface area contributed by atoms with Crippen molar-refractivity contribution in [3.63, 3.8) is 0 Å². The predicted octanol–water partition coefficient (Wildman–Crippen LogP) is 2.82. The van der Waals surface area contributed by atoms with E-state index in [0.717, 1.165) is 24.8 Å². The number of thiocarbonyl (C=S) groups is 1. The second-order valence-electron chi connectivity index (χ2n) is 5.20. The molecule has 0 aromatic heterocycles. The van der Waals surface area contributed by atoms with Crippen molar-refractivity contribution in [3.8, 4) is 0 Å². The van der Waals surface area contributed by atoms with Crippen LogP contribution >= 0.6 is 12.2 Å². The van der Waals surface area contributed by atoms with Gasteiger partial charge in [-0.25, -0.2) is 0 Å². The molecule has 2 atom stereocenters. The van der Waals surface area contributed by atoms with Crippen molar-refractivity contribution in [1.29, 1.82) is 0 Å². The van der Waals surface area contributed by atoms with E-state index < -0.39 is 0 Å². The molecule has 0 aliphatic heterocycles. The number of hydrazone groups is 1. The Kier molecular flexibility index (Phi) is 4.77. The van der Waals surface area contributed by atoms with Crippen molar-refractivity contribution >= 4 is 23.0 Å². The quantitative estimate of drug-likeness (QED) is 0.587. The molecule has 96 valence electrons. The summed E-state index contributed by atoms with van der Waals surface area (Å²) in [6.07, 6.45) is 9.38. The van der Waals surface area contributed by atoms with Crippen LogP contribution in [0.2, 0.25) is 0 Å². The Morgan fingerprint density at radius 2 is 2.06 bits per heavy atom. The molecule has 0 aromatic rings. The van der Waals surface area contributed by atoms with E-state index in [2.05, 4.69) is 15.8 Å². The number of rotatable bonds is 2. The van der Waals surface area contributed by atoms with Crippen LogP contribution in [0.5, 0.6) is 0 Å². The SMILES string of the molecule is CCNC(=S)N/N=C1/CC[C@@H]2CCCC[C@H]2C1. The zero-order valence-corrected chi connectivity index (χ0v) is 11.5. The van der Waals surface area contributed by atoms with Crippen LogP contribution in [-0.2, 0) is 0 Å². The van der Waals surface area contributed by atoms with Crippen molar-refractivity contribution in [1.82, 2.24) is 10.7 Å². The summed E-state index contributed by atoms with van der Waals surface area (Å²) in [7, 11) is 0. The Labute approximate surface area is 109 Å². The molecule has 0 saturated heterocycles. The molecule has 0 radical (unpaired) electrons. The fraction of sp³-hybridized carbons (Fsp3) is 0.846. The van der Waals surface area contributed by atoms with Crippen molar-refractivity contribution in [3.05, 3.63) is 0 Å². The Bertz CT molecular complexity index is 301. The number of nitrogens with one attached hydrogen (secondary N) is 2. The zero-order valence-electron chi connectivity index (χ0n) is 10.7. The van der Waals surface area contributed by atoms with Crippen LogP contribution in [0.4, 0.5) is 0 Å². The maximum Gasteiger partial charge on any atom is 0.186 e. The lowest BCUT2D eigenvalue weighted by atomic mass is 9.70. The summed E-state index contributed by atoms with van der Waals surface area (Å²) < 4.78 is 0. The molecule has 0 spiro atoms. The second kappa shape index (κ2) is 6.34. The molecular weight excluding hydrogens is 230 g/mol. The highest BCUT2D eigenvalue weighted by Crippen LogP contribution is 2.39. The molecule has 4 heteroatoms. The number of nitrogens with zero attached hydrogens (tertiary/aromatic N) is 1. The molecule has 0 aromatic carbocycles. The highest BCUT2D eigenvalue weighted by molar-refractivity contribution is 7.80. The van der Waals surface area contributed by atoms with Gasteiger partial charge in [-0.2, -0.15) is 5.10 Å². The van der Waals surface area contributed by atoms with Crippen LogP contribution < -0.4 is 10.7 Å². The third kappa shape index (κ3) is 3.66. The first-order valence-corrected chi connectivity index (χ1v) is 7.29. The first-order valence-electron chi connectivity index (χ1n) is 6.89. The summed E-state index contributed by atoms with van der Waals surface area (Å²) >= 11 is 5.11. The molecule has 2 N–H and O–H groups in total. The van der Waals surface area contributed by atoms with Gasteiger partial charge in [-0.1, -0.05) is 19.3 Å². The van der Waals surface area contributed by atoms with Gasteiger partial charge in [0.2, 0.25) is 0 Å². The van der Waals surface area contributed by atoms with Gasteiger partial charge in [-0.15, -0.1) is 0 Å². The Morgan fingerprint density at radius 1 is 1.29 bits per heavy atom. The summed E-state index contributed by atoms with van der Waals surface area (Å²) in [4.78, 5) is 0. The molecule has 2 fully saturated rings. The fourth-order valence-corrected chi connectivity index (χ4v) is 3.31. The van der Waals surface area contributed by atoms with Gasteiger partial charge in [0, 0.05) is 12.3 Å². The molecule has 0 bridgehead atoms. The maximum atomic E-state index is 5.11. The van der Waals surface area contributed by atoms with E-state index in [1.807, 2.05) is 6.92 Å². The first kappa shape index (κ1) is 12.8. The number of fused-ring (bicyclic) bond motifs is 1. The normalized spacial score (nSPS) is 30.8. The first-order chi connectivity index (χ1) is 8.29. The molecule has 0 unspecified atom stereocenters. The van der Waals surface area contributed by atoms with Gasteiger partial charge < -0.3 is 5.32 Å². The summed E-state index contributed by atoms with van der Waals surface area (Å²) in [5.74, 6) is 1.87. The zero-order chi connectivity index (χ0) is 12.1. The van der Waals surface area contributed by atoms with E-state index in [4.69, 9.17) is 12.2 Å². The molecule has 17 heavy (non-hydrogen) atoms. The van der Waals surface area contributed by atoms with E-state index >= 15 is 0 Å². The second-order valence-corrected chi connectivity index (χ2v) is 5.60. The van der Waals surface area contributed by atoms with Crippen LogP contribution in [0.25, 0.3) is 0 Å². The van der Waals surface area contributed by atoms with Crippen molar-refractivity contribution in [2.24, 2.45) is 16.9 Å². The molecule has 2 rings (SSSR count). The van der Waals surface area contributed by atoms with Crippen LogP contribution in [-0.4, -0.2) is 17.4 Å².